The summed E-state index contributed by atoms with van der Waals surface area (Å²) in [7, 11) is 0. The van der Waals surface area contributed by atoms with E-state index in [1.807, 2.05) is 73.7 Å². The second-order valence-electron chi connectivity index (χ2n) is 11.6. The molecular formula is C34H33N7O2. The predicted octanol–water partition coefficient (Wildman–Crippen LogP) is 6.89. The highest BCUT2D eigenvalue weighted by Gasteiger charge is 2.25. The van der Waals surface area contributed by atoms with Crippen molar-refractivity contribution in [1.82, 2.24) is 19.7 Å². The highest BCUT2D eigenvalue weighted by Crippen LogP contribution is 2.36. The highest BCUT2D eigenvalue weighted by molar-refractivity contribution is 6.12. The number of nitrogens with zero attached hydrogens (tertiary/aromatic N) is 5. The number of rotatable bonds is 5. The first-order chi connectivity index (χ1) is 20.7. The van der Waals surface area contributed by atoms with E-state index < -0.39 is 6.03 Å². The lowest BCUT2D eigenvalue weighted by molar-refractivity contribution is -0.114. The average Bonchev–Trinajstić information content (AvgIpc) is 3.42. The normalized spacial score (nSPS) is 13.6. The summed E-state index contributed by atoms with van der Waals surface area (Å²) in [5, 5.41) is 12.8. The van der Waals surface area contributed by atoms with Gasteiger partial charge in [0.05, 0.1) is 23.3 Å². The van der Waals surface area contributed by atoms with Gasteiger partial charge in [-0.2, -0.15) is 5.10 Å². The molecule has 6 rings (SSSR count). The van der Waals surface area contributed by atoms with Gasteiger partial charge in [-0.25, -0.2) is 9.48 Å². The molecule has 0 saturated carbocycles. The lowest BCUT2D eigenvalue weighted by atomic mass is 9.92. The van der Waals surface area contributed by atoms with Gasteiger partial charge < -0.3 is 10.2 Å². The SMILES string of the molecule is Cc1ccc(-n2nc(C(C)(C)C)cc2NC(=O)Nc2ccc3ccccc3c2C2=CC(=O)N(c3ccncc3)CC2)cn1. The quantitative estimate of drug-likeness (QED) is 0.239. The molecule has 5 aromatic rings. The van der Waals surface area contributed by atoms with E-state index >= 15 is 0 Å². The number of nitrogens with one attached hydrogen (secondary N) is 2. The number of fused-ring (bicyclic) bond motifs is 1. The molecule has 9 heteroatoms. The van der Waals surface area contributed by atoms with Crippen LogP contribution in [0.4, 0.5) is 22.0 Å². The molecule has 43 heavy (non-hydrogen) atoms. The number of carbonyl (C=O) groups is 2. The molecule has 1 aliphatic rings. The molecule has 0 atom stereocenters. The van der Waals surface area contributed by atoms with Crippen molar-refractivity contribution in [2.45, 2.75) is 39.5 Å². The van der Waals surface area contributed by atoms with Crippen LogP contribution in [0.3, 0.4) is 0 Å². The summed E-state index contributed by atoms with van der Waals surface area (Å²) in [6, 6.07) is 20.8. The molecule has 216 valence electrons. The third-order valence-electron chi connectivity index (χ3n) is 7.50. The molecule has 0 radical (unpaired) electrons. The van der Waals surface area contributed by atoms with E-state index in [1.54, 1.807) is 34.2 Å². The maximum atomic E-state index is 13.6. The Hall–Kier alpha value is -5.31. The first-order valence-corrected chi connectivity index (χ1v) is 14.2. The summed E-state index contributed by atoms with van der Waals surface area (Å²) >= 11 is 0. The maximum Gasteiger partial charge on any atom is 0.324 e. The van der Waals surface area contributed by atoms with Crippen molar-refractivity contribution < 1.29 is 9.59 Å². The standard InChI is InChI=1S/C34H33N7O2/c1-22-9-11-26(21-36-22)41-30(20-29(39-41)34(2,3)4)38-33(43)37-28-12-10-23-7-5-6-8-27(23)32(28)24-15-18-40(31(42)19-24)25-13-16-35-17-14-25/h5-14,16-17,19-21H,15,18H2,1-4H3,(H2,37,38,43). The van der Waals surface area contributed by atoms with Crippen molar-refractivity contribution in [2.24, 2.45) is 0 Å². The van der Waals surface area contributed by atoms with Crippen LogP contribution in [0.25, 0.3) is 22.0 Å². The lowest BCUT2D eigenvalue weighted by Gasteiger charge is -2.28. The summed E-state index contributed by atoms with van der Waals surface area (Å²) < 4.78 is 1.70. The van der Waals surface area contributed by atoms with E-state index in [2.05, 4.69) is 41.4 Å². The van der Waals surface area contributed by atoms with Gasteiger partial charge in [-0.05, 0) is 60.0 Å². The number of urea groups is 1. The minimum absolute atomic E-state index is 0.110. The zero-order chi connectivity index (χ0) is 30.1. The summed E-state index contributed by atoms with van der Waals surface area (Å²) in [5.41, 5.74) is 5.36. The van der Waals surface area contributed by atoms with Crippen LogP contribution in [0.15, 0.2) is 91.4 Å². The third kappa shape index (κ3) is 5.74. The lowest BCUT2D eigenvalue weighted by Crippen LogP contribution is -2.33. The van der Waals surface area contributed by atoms with Crippen molar-refractivity contribution in [2.75, 3.05) is 22.1 Å². The molecule has 0 spiro atoms. The van der Waals surface area contributed by atoms with Gasteiger partial charge in [0.2, 0.25) is 0 Å². The molecule has 3 amide bonds. The first-order valence-electron chi connectivity index (χ1n) is 14.2. The topological polar surface area (TPSA) is 105 Å². The van der Waals surface area contributed by atoms with Crippen molar-refractivity contribution in [3.63, 3.8) is 0 Å². The van der Waals surface area contributed by atoms with Crippen LogP contribution in [-0.4, -0.2) is 38.2 Å². The number of hydrogen-bond acceptors (Lipinski definition) is 5. The minimum Gasteiger partial charge on any atom is -0.308 e. The number of aromatic nitrogens is 4. The van der Waals surface area contributed by atoms with Crippen LogP contribution in [0.1, 0.15) is 44.1 Å². The maximum absolute atomic E-state index is 13.6. The second-order valence-corrected chi connectivity index (χ2v) is 11.6. The van der Waals surface area contributed by atoms with Gasteiger partial charge in [0, 0.05) is 53.4 Å². The average molecular weight is 572 g/mol. The molecule has 9 nitrogen and oxygen atoms in total. The Kier molecular flexibility index (Phi) is 7.23. The Morgan fingerprint density at radius 1 is 0.930 bits per heavy atom. The molecule has 2 aromatic carbocycles. The molecule has 0 fully saturated rings. The van der Waals surface area contributed by atoms with E-state index in [0.717, 1.165) is 44.7 Å². The zero-order valence-electron chi connectivity index (χ0n) is 24.6. The van der Waals surface area contributed by atoms with Gasteiger partial charge in [0.15, 0.2) is 0 Å². The van der Waals surface area contributed by atoms with Crippen LogP contribution in [0.5, 0.6) is 0 Å². The van der Waals surface area contributed by atoms with Crippen LogP contribution in [0, 0.1) is 6.92 Å². The highest BCUT2D eigenvalue weighted by atomic mass is 16.2. The van der Waals surface area contributed by atoms with Crippen LogP contribution in [-0.2, 0) is 10.2 Å². The fraction of sp³-hybridized carbons (Fsp3) is 0.206. The summed E-state index contributed by atoms with van der Waals surface area (Å²) in [6.45, 7) is 8.67. The zero-order valence-corrected chi connectivity index (χ0v) is 24.6. The van der Waals surface area contributed by atoms with Crippen molar-refractivity contribution in [3.8, 4) is 5.69 Å². The van der Waals surface area contributed by atoms with Gasteiger partial charge in [-0.15, -0.1) is 0 Å². The Labute approximate surface area is 250 Å². The van der Waals surface area contributed by atoms with Crippen molar-refractivity contribution in [1.29, 1.82) is 0 Å². The number of carbonyl (C=O) groups excluding carboxylic acids is 2. The molecule has 0 aliphatic carbocycles. The van der Waals surface area contributed by atoms with Crippen LogP contribution >= 0.6 is 0 Å². The fourth-order valence-corrected chi connectivity index (χ4v) is 5.23. The third-order valence-corrected chi connectivity index (χ3v) is 7.50. The first kappa shape index (κ1) is 27.8. The van der Waals surface area contributed by atoms with Gasteiger partial charge in [0.1, 0.15) is 5.82 Å². The monoisotopic (exact) mass is 571 g/mol. The van der Waals surface area contributed by atoms with E-state index in [4.69, 9.17) is 5.10 Å². The van der Waals surface area contributed by atoms with E-state index in [9.17, 15) is 9.59 Å². The predicted molar refractivity (Wildman–Crippen MR) is 171 cm³/mol. The minimum atomic E-state index is -0.417. The van der Waals surface area contributed by atoms with E-state index in [-0.39, 0.29) is 11.3 Å². The molecule has 0 unspecified atom stereocenters. The molecule has 4 heterocycles. The number of pyridine rings is 2. The summed E-state index contributed by atoms with van der Waals surface area (Å²) in [5.74, 6) is 0.413. The Bertz CT molecular complexity index is 1850. The van der Waals surface area contributed by atoms with Crippen LogP contribution in [0.2, 0.25) is 0 Å². The van der Waals surface area contributed by atoms with E-state index in [0.29, 0.717) is 24.5 Å². The Morgan fingerprint density at radius 2 is 1.72 bits per heavy atom. The molecule has 0 saturated heterocycles. The molecule has 2 N–H and O–H groups in total. The fourth-order valence-electron chi connectivity index (χ4n) is 5.23. The summed E-state index contributed by atoms with van der Waals surface area (Å²) in [4.78, 5) is 37.1. The molecule has 1 aliphatic heterocycles. The second kappa shape index (κ2) is 11.2. The van der Waals surface area contributed by atoms with Gasteiger partial charge in [-0.1, -0.05) is 51.1 Å². The van der Waals surface area contributed by atoms with Crippen molar-refractivity contribution in [3.05, 3.63) is 108 Å². The number of amides is 3. The largest absolute Gasteiger partial charge is 0.324 e. The summed E-state index contributed by atoms with van der Waals surface area (Å²) in [6.07, 6.45) is 7.39. The molecular weight excluding hydrogens is 538 g/mol. The van der Waals surface area contributed by atoms with Gasteiger partial charge >= 0.3 is 6.03 Å². The van der Waals surface area contributed by atoms with Gasteiger partial charge in [0.25, 0.3) is 5.91 Å². The number of benzene rings is 2. The number of hydrogen-bond donors (Lipinski definition) is 2. The Balaban J connectivity index is 1.34. The smallest absolute Gasteiger partial charge is 0.308 e. The molecule has 0 bridgehead atoms. The molecule has 3 aromatic heterocycles. The number of anilines is 3. The van der Waals surface area contributed by atoms with Crippen molar-refractivity contribution >= 4 is 45.5 Å². The van der Waals surface area contributed by atoms with Gasteiger partial charge in [-0.3, -0.25) is 20.1 Å². The van der Waals surface area contributed by atoms with E-state index in [1.165, 1.54) is 0 Å². The number of aryl methyl sites for hydroxylation is 1. The Morgan fingerprint density at radius 3 is 2.44 bits per heavy atom. The van der Waals surface area contributed by atoms with Crippen LogP contribution < -0.4 is 15.5 Å².